The maximum absolute atomic E-state index is 11.8. The van der Waals surface area contributed by atoms with Gasteiger partial charge in [0.25, 0.3) is 0 Å². The predicted octanol–water partition coefficient (Wildman–Crippen LogP) is 3.29. The first-order valence-electron chi connectivity index (χ1n) is 5.55. The first-order valence-corrected chi connectivity index (χ1v) is 5.55. The van der Waals surface area contributed by atoms with Crippen molar-refractivity contribution in [3.8, 4) is 0 Å². The molecule has 0 fully saturated rings. The number of carbonyl (C=O) groups is 1. The van der Waals surface area contributed by atoms with Crippen molar-refractivity contribution in [1.29, 1.82) is 0 Å². The predicted molar refractivity (Wildman–Crippen MR) is 68.0 cm³/mol. The smallest absolute Gasteiger partial charge is 0.340 e. The van der Waals surface area contributed by atoms with E-state index in [4.69, 9.17) is 4.74 Å². The van der Waals surface area contributed by atoms with Gasteiger partial charge >= 0.3 is 5.97 Å². The number of fused-ring (bicyclic) bond motifs is 1. The molecule has 1 heterocycles. The standard InChI is InChI=1S/C14H15NO2/c1-10(2)7-8-17-14(16)12-9-15-13-6-4-3-5-11(12)13/h3-7,9,15H,8H2,1-2H3. The molecule has 0 bridgehead atoms. The number of nitrogens with one attached hydrogen (secondary N) is 1. The van der Waals surface area contributed by atoms with E-state index < -0.39 is 0 Å². The van der Waals surface area contributed by atoms with E-state index in [2.05, 4.69) is 4.98 Å². The van der Waals surface area contributed by atoms with Gasteiger partial charge in [-0.2, -0.15) is 0 Å². The van der Waals surface area contributed by atoms with Crippen LogP contribution >= 0.6 is 0 Å². The van der Waals surface area contributed by atoms with Gasteiger partial charge in [0.05, 0.1) is 5.56 Å². The van der Waals surface area contributed by atoms with Crippen LogP contribution in [0.2, 0.25) is 0 Å². The lowest BCUT2D eigenvalue weighted by Gasteiger charge is -2.00. The van der Waals surface area contributed by atoms with E-state index in [1.165, 1.54) is 0 Å². The molecular formula is C14H15NO2. The number of allylic oxidation sites excluding steroid dienone is 1. The fourth-order valence-electron chi connectivity index (χ4n) is 1.60. The summed E-state index contributed by atoms with van der Waals surface area (Å²) >= 11 is 0. The molecule has 0 unspecified atom stereocenters. The van der Waals surface area contributed by atoms with Gasteiger partial charge in [-0.05, 0) is 26.0 Å². The first-order chi connectivity index (χ1) is 8.18. The van der Waals surface area contributed by atoms with Gasteiger partial charge in [-0.3, -0.25) is 0 Å². The number of H-pyrrole nitrogens is 1. The number of hydrogen-bond acceptors (Lipinski definition) is 2. The van der Waals surface area contributed by atoms with E-state index in [9.17, 15) is 4.79 Å². The van der Waals surface area contributed by atoms with Gasteiger partial charge < -0.3 is 9.72 Å². The second-order valence-corrected chi connectivity index (χ2v) is 4.13. The van der Waals surface area contributed by atoms with E-state index in [0.717, 1.165) is 16.5 Å². The largest absolute Gasteiger partial charge is 0.458 e. The number of ether oxygens (including phenoxy) is 1. The zero-order valence-electron chi connectivity index (χ0n) is 9.99. The van der Waals surface area contributed by atoms with Gasteiger partial charge in [0, 0.05) is 17.1 Å². The van der Waals surface area contributed by atoms with Gasteiger partial charge in [0.1, 0.15) is 6.61 Å². The van der Waals surface area contributed by atoms with Crippen LogP contribution in [0, 0.1) is 0 Å². The number of benzene rings is 1. The molecule has 0 saturated heterocycles. The summed E-state index contributed by atoms with van der Waals surface area (Å²) in [7, 11) is 0. The third-order valence-corrected chi connectivity index (χ3v) is 2.52. The van der Waals surface area contributed by atoms with Gasteiger partial charge in [0.15, 0.2) is 0 Å². The van der Waals surface area contributed by atoms with Gasteiger partial charge in [0.2, 0.25) is 0 Å². The minimum atomic E-state index is -0.292. The molecule has 0 radical (unpaired) electrons. The SMILES string of the molecule is CC(C)=CCOC(=O)c1c[nH]c2ccccc12. The van der Waals surface area contributed by atoms with E-state index in [1.54, 1.807) is 6.20 Å². The van der Waals surface area contributed by atoms with Crippen LogP contribution in [0.4, 0.5) is 0 Å². The molecule has 1 aromatic heterocycles. The highest BCUT2D eigenvalue weighted by atomic mass is 16.5. The fourth-order valence-corrected chi connectivity index (χ4v) is 1.60. The number of rotatable bonds is 3. The molecule has 0 aliphatic carbocycles. The lowest BCUT2D eigenvalue weighted by molar-refractivity contribution is 0.0551. The molecular weight excluding hydrogens is 214 g/mol. The van der Waals surface area contributed by atoms with Crippen molar-refractivity contribution >= 4 is 16.9 Å². The Morgan fingerprint density at radius 2 is 2.12 bits per heavy atom. The minimum Gasteiger partial charge on any atom is -0.458 e. The molecule has 0 amide bonds. The van der Waals surface area contributed by atoms with Crippen LogP contribution in [0.1, 0.15) is 24.2 Å². The third-order valence-electron chi connectivity index (χ3n) is 2.52. The summed E-state index contributed by atoms with van der Waals surface area (Å²) in [6.07, 6.45) is 3.57. The lowest BCUT2D eigenvalue weighted by Crippen LogP contribution is -2.04. The Hall–Kier alpha value is -2.03. The van der Waals surface area contributed by atoms with Crippen LogP contribution in [0.25, 0.3) is 10.9 Å². The van der Waals surface area contributed by atoms with Crippen molar-refractivity contribution in [2.24, 2.45) is 0 Å². The van der Waals surface area contributed by atoms with Crippen molar-refractivity contribution < 1.29 is 9.53 Å². The summed E-state index contributed by atoms with van der Waals surface area (Å²) in [6, 6.07) is 7.67. The average Bonchev–Trinajstić information content (AvgIpc) is 2.72. The molecule has 1 N–H and O–H groups in total. The normalized spacial score (nSPS) is 10.2. The quantitative estimate of drug-likeness (QED) is 0.648. The molecule has 0 saturated carbocycles. The summed E-state index contributed by atoms with van der Waals surface area (Å²) in [4.78, 5) is 14.9. The summed E-state index contributed by atoms with van der Waals surface area (Å²) in [5.41, 5.74) is 2.67. The van der Waals surface area contributed by atoms with Crippen LogP contribution in [-0.4, -0.2) is 17.6 Å². The monoisotopic (exact) mass is 229 g/mol. The second kappa shape index (κ2) is 4.87. The molecule has 88 valence electrons. The number of aromatic nitrogens is 1. The van der Waals surface area contributed by atoms with Crippen molar-refractivity contribution in [3.05, 3.63) is 47.7 Å². The van der Waals surface area contributed by atoms with Crippen molar-refractivity contribution in [2.45, 2.75) is 13.8 Å². The molecule has 0 aliphatic rings. The van der Waals surface area contributed by atoms with Crippen LogP contribution in [-0.2, 0) is 4.74 Å². The van der Waals surface area contributed by atoms with Crippen molar-refractivity contribution in [2.75, 3.05) is 6.61 Å². The maximum Gasteiger partial charge on any atom is 0.340 e. The minimum absolute atomic E-state index is 0.292. The number of hydrogen-bond donors (Lipinski definition) is 1. The summed E-state index contributed by atoms with van der Waals surface area (Å²) in [5.74, 6) is -0.292. The Kier molecular flexibility index (Phi) is 3.28. The van der Waals surface area contributed by atoms with E-state index in [1.807, 2.05) is 44.2 Å². The lowest BCUT2D eigenvalue weighted by atomic mass is 10.2. The van der Waals surface area contributed by atoms with E-state index in [0.29, 0.717) is 12.2 Å². The zero-order valence-corrected chi connectivity index (χ0v) is 9.99. The zero-order chi connectivity index (χ0) is 12.3. The Labute approximate surface area is 100 Å². The molecule has 1 aromatic carbocycles. The van der Waals surface area contributed by atoms with Crippen LogP contribution in [0.5, 0.6) is 0 Å². The average molecular weight is 229 g/mol. The fraction of sp³-hybridized carbons (Fsp3) is 0.214. The maximum atomic E-state index is 11.8. The number of carbonyl (C=O) groups excluding carboxylic acids is 1. The third kappa shape index (κ3) is 2.56. The molecule has 2 aromatic rings. The highest BCUT2D eigenvalue weighted by molar-refractivity contribution is 6.03. The summed E-state index contributed by atoms with van der Waals surface area (Å²) in [5, 5.41) is 0.898. The van der Waals surface area contributed by atoms with E-state index in [-0.39, 0.29) is 5.97 Å². The van der Waals surface area contributed by atoms with Crippen molar-refractivity contribution in [1.82, 2.24) is 4.98 Å². The number of esters is 1. The Morgan fingerprint density at radius 3 is 2.88 bits per heavy atom. The highest BCUT2D eigenvalue weighted by Crippen LogP contribution is 2.18. The Morgan fingerprint density at radius 1 is 1.35 bits per heavy atom. The topological polar surface area (TPSA) is 42.1 Å². The summed E-state index contributed by atoms with van der Waals surface area (Å²) < 4.78 is 5.17. The Bertz CT molecular complexity index is 562. The molecule has 3 heteroatoms. The van der Waals surface area contributed by atoms with Crippen molar-refractivity contribution in [3.63, 3.8) is 0 Å². The Balaban J connectivity index is 2.17. The van der Waals surface area contributed by atoms with Gasteiger partial charge in [-0.15, -0.1) is 0 Å². The molecule has 3 nitrogen and oxygen atoms in total. The summed E-state index contributed by atoms with van der Waals surface area (Å²) in [6.45, 7) is 4.26. The molecule has 0 atom stereocenters. The highest BCUT2D eigenvalue weighted by Gasteiger charge is 2.11. The van der Waals surface area contributed by atoms with Crippen LogP contribution < -0.4 is 0 Å². The van der Waals surface area contributed by atoms with Crippen LogP contribution in [0.15, 0.2) is 42.1 Å². The van der Waals surface area contributed by atoms with Crippen LogP contribution in [0.3, 0.4) is 0 Å². The molecule has 0 aliphatic heterocycles. The van der Waals surface area contributed by atoms with E-state index >= 15 is 0 Å². The van der Waals surface area contributed by atoms with Gasteiger partial charge in [-0.25, -0.2) is 4.79 Å². The molecule has 2 rings (SSSR count). The number of para-hydroxylation sites is 1. The first kappa shape index (κ1) is 11.5. The second-order valence-electron chi connectivity index (χ2n) is 4.13. The van der Waals surface area contributed by atoms with Gasteiger partial charge in [-0.1, -0.05) is 23.8 Å². The molecule has 17 heavy (non-hydrogen) atoms. The number of aromatic amines is 1. The molecule has 0 spiro atoms.